The molecule has 9 heteroatoms. The highest BCUT2D eigenvalue weighted by Gasteiger charge is 2.30. The molecule has 4 aromatic rings. The number of anilines is 1. The first-order valence-electron chi connectivity index (χ1n) is 9.52. The van der Waals surface area contributed by atoms with Gasteiger partial charge >= 0.3 is 0 Å². The summed E-state index contributed by atoms with van der Waals surface area (Å²) in [7, 11) is 0. The molecule has 1 atom stereocenters. The summed E-state index contributed by atoms with van der Waals surface area (Å²) in [5.74, 6) is 0.707. The third-order valence-electron chi connectivity index (χ3n) is 5.22. The topological polar surface area (TPSA) is 72.3 Å². The van der Waals surface area contributed by atoms with Crippen molar-refractivity contribution < 1.29 is 13.2 Å². The maximum absolute atomic E-state index is 14.4. The van der Waals surface area contributed by atoms with Crippen molar-refractivity contribution in [2.75, 3.05) is 11.4 Å². The van der Waals surface area contributed by atoms with Crippen LogP contribution in [0.2, 0.25) is 0 Å². The Morgan fingerprint density at radius 3 is 2.93 bits per heavy atom. The summed E-state index contributed by atoms with van der Waals surface area (Å²) in [6, 6.07) is 5.13. The normalized spacial score (nSPS) is 16.8. The summed E-state index contributed by atoms with van der Waals surface area (Å²) in [6.45, 7) is 2.64. The van der Waals surface area contributed by atoms with E-state index >= 15 is 0 Å². The number of nitrogens with zero attached hydrogens (tertiary/aromatic N) is 6. The van der Waals surface area contributed by atoms with Crippen LogP contribution in [0.25, 0.3) is 17.1 Å². The number of aryl methyl sites for hydroxylation is 1. The van der Waals surface area contributed by atoms with Crippen LogP contribution in [-0.4, -0.2) is 31.3 Å². The van der Waals surface area contributed by atoms with E-state index in [4.69, 9.17) is 9.40 Å². The van der Waals surface area contributed by atoms with E-state index in [1.54, 1.807) is 16.9 Å². The Kier molecular flexibility index (Phi) is 4.22. The van der Waals surface area contributed by atoms with Gasteiger partial charge in [-0.3, -0.25) is 0 Å². The molecule has 4 heterocycles. The van der Waals surface area contributed by atoms with E-state index in [0.717, 1.165) is 18.9 Å². The molecule has 1 aliphatic heterocycles. The lowest BCUT2D eigenvalue weighted by Crippen LogP contribution is -2.24. The van der Waals surface area contributed by atoms with Crippen LogP contribution < -0.4 is 4.90 Å². The van der Waals surface area contributed by atoms with Crippen LogP contribution in [0.5, 0.6) is 0 Å². The predicted octanol–water partition coefficient (Wildman–Crippen LogP) is 3.96. The van der Waals surface area contributed by atoms with Crippen LogP contribution in [0.15, 0.2) is 41.1 Å². The summed E-state index contributed by atoms with van der Waals surface area (Å²) >= 11 is 0. The minimum absolute atomic E-state index is 0.276. The molecule has 3 aromatic heterocycles. The van der Waals surface area contributed by atoms with Crippen LogP contribution in [0.4, 0.5) is 14.6 Å². The highest BCUT2D eigenvalue weighted by atomic mass is 19.1. The second-order valence-electron chi connectivity index (χ2n) is 6.98. The number of hydrogen-bond donors (Lipinski definition) is 0. The Labute approximate surface area is 165 Å². The van der Waals surface area contributed by atoms with E-state index < -0.39 is 11.6 Å². The molecule has 0 bridgehead atoms. The average molecular weight is 396 g/mol. The molecule has 0 N–H and O–H groups in total. The monoisotopic (exact) mass is 396 g/mol. The Morgan fingerprint density at radius 1 is 1.21 bits per heavy atom. The molecule has 0 saturated carbocycles. The maximum atomic E-state index is 14.4. The van der Waals surface area contributed by atoms with Gasteiger partial charge in [0.1, 0.15) is 23.0 Å². The average Bonchev–Trinajstić information content (AvgIpc) is 3.47. The standard InChI is InChI=1S/C20H18F2N6O/c1-2-18-25-26-20(29-18)14-11-23-28-9-7-17(24-19(14)28)27-8-3-4-16(27)13-10-12(21)5-6-15(13)22/h5-7,9-11,16H,2-4,8H2,1H3. The highest BCUT2D eigenvalue weighted by molar-refractivity contribution is 5.72. The van der Waals surface area contributed by atoms with Crippen LogP contribution in [0, 0.1) is 11.6 Å². The lowest BCUT2D eigenvalue weighted by molar-refractivity contribution is 0.513. The third-order valence-corrected chi connectivity index (χ3v) is 5.22. The molecule has 1 aromatic carbocycles. The molecular formula is C20H18F2N6O. The minimum atomic E-state index is -0.446. The van der Waals surface area contributed by atoms with Gasteiger partial charge in [-0.15, -0.1) is 10.2 Å². The van der Waals surface area contributed by atoms with Gasteiger partial charge in [-0.25, -0.2) is 18.3 Å². The van der Waals surface area contributed by atoms with Gasteiger partial charge in [0.2, 0.25) is 5.89 Å². The van der Waals surface area contributed by atoms with Gasteiger partial charge in [0.25, 0.3) is 5.89 Å². The zero-order chi connectivity index (χ0) is 20.0. The van der Waals surface area contributed by atoms with Crippen LogP contribution >= 0.6 is 0 Å². The molecule has 1 saturated heterocycles. The van der Waals surface area contributed by atoms with Gasteiger partial charge in [0.05, 0.1) is 12.2 Å². The Balaban J connectivity index is 1.56. The molecule has 1 aliphatic rings. The van der Waals surface area contributed by atoms with E-state index in [2.05, 4.69) is 15.3 Å². The molecule has 0 spiro atoms. The van der Waals surface area contributed by atoms with Gasteiger partial charge in [-0.1, -0.05) is 6.92 Å². The minimum Gasteiger partial charge on any atom is -0.421 e. The fourth-order valence-electron chi connectivity index (χ4n) is 3.81. The SMILES string of the molecule is CCc1nnc(-c2cnn3ccc(N4CCCC4c4cc(F)ccc4F)nc23)o1. The summed E-state index contributed by atoms with van der Waals surface area (Å²) in [6.07, 6.45) is 5.65. The molecule has 0 aliphatic carbocycles. The van der Waals surface area contributed by atoms with Crippen molar-refractivity contribution in [1.82, 2.24) is 24.8 Å². The van der Waals surface area contributed by atoms with Crippen LogP contribution in [0.1, 0.15) is 37.3 Å². The summed E-state index contributed by atoms with van der Waals surface area (Å²) in [5.41, 5.74) is 1.55. The first-order chi connectivity index (χ1) is 14.1. The van der Waals surface area contributed by atoms with E-state index in [9.17, 15) is 8.78 Å². The Bertz CT molecular complexity index is 1190. The quantitative estimate of drug-likeness (QED) is 0.520. The second kappa shape index (κ2) is 6.91. The maximum Gasteiger partial charge on any atom is 0.253 e. The van der Waals surface area contributed by atoms with E-state index in [1.807, 2.05) is 17.9 Å². The van der Waals surface area contributed by atoms with E-state index in [-0.39, 0.29) is 6.04 Å². The molecule has 29 heavy (non-hydrogen) atoms. The number of benzene rings is 1. The fraction of sp³-hybridized carbons (Fsp3) is 0.300. The van der Waals surface area contributed by atoms with Crippen molar-refractivity contribution in [1.29, 1.82) is 0 Å². The van der Waals surface area contributed by atoms with Gasteiger partial charge in [-0.2, -0.15) is 5.10 Å². The van der Waals surface area contributed by atoms with Crippen LogP contribution in [0.3, 0.4) is 0 Å². The molecule has 7 nitrogen and oxygen atoms in total. The highest BCUT2D eigenvalue weighted by Crippen LogP contribution is 2.37. The molecule has 1 unspecified atom stereocenters. The smallest absolute Gasteiger partial charge is 0.253 e. The Hall–Kier alpha value is -3.36. The molecule has 0 amide bonds. The lowest BCUT2D eigenvalue weighted by Gasteiger charge is -2.26. The molecule has 1 fully saturated rings. The van der Waals surface area contributed by atoms with Gasteiger partial charge in [0.15, 0.2) is 5.65 Å². The second-order valence-corrected chi connectivity index (χ2v) is 6.98. The predicted molar refractivity (Wildman–Crippen MR) is 101 cm³/mol. The van der Waals surface area contributed by atoms with Gasteiger partial charge < -0.3 is 9.32 Å². The van der Waals surface area contributed by atoms with Crippen LogP contribution in [-0.2, 0) is 6.42 Å². The largest absolute Gasteiger partial charge is 0.421 e. The first-order valence-corrected chi connectivity index (χ1v) is 9.52. The number of rotatable bonds is 4. The van der Waals surface area contributed by atoms with Crippen molar-refractivity contribution in [2.45, 2.75) is 32.2 Å². The van der Waals surface area contributed by atoms with Crippen molar-refractivity contribution >= 4 is 11.5 Å². The van der Waals surface area contributed by atoms with Gasteiger partial charge in [-0.05, 0) is 37.1 Å². The zero-order valence-electron chi connectivity index (χ0n) is 15.7. The summed E-state index contributed by atoms with van der Waals surface area (Å²) < 4.78 is 35.4. The van der Waals surface area contributed by atoms with Crippen molar-refractivity contribution in [3.05, 3.63) is 59.7 Å². The Morgan fingerprint density at radius 2 is 2.10 bits per heavy atom. The molecular weight excluding hydrogens is 378 g/mol. The van der Waals surface area contributed by atoms with E-state index in [0.29, 0.717) is 47.3 Å². The summed E-state index contributed by atoms with van der Waals surface area (Å²) in [4.78, 5) is 6.74. The van der Waals surface area contributed by atoms with Gasteiger partial charge in [0, 0.05) is 24.7 Å². The van der Waals surface area contributed by atoms with Crippen molar-refractivity contribution in [2.24, 2.45) is 0 Å². The molecule has 148 valence electrons. The first kappa shape index (κ1) is 17.7. The summed E-state index contributed by atoms with van der Waals surface area (Å²) in [5, 5.41) is 12.4. The molecule has 0 radical (unpaired) electrons. The van der Waals surface area contributed by atoms with E-state index in [1.165, 1.54) is 12.1 Å². The lowest BCUT2D eigenvalue weighted by atomic mass is 10.0. The number of fused-ring (bicyclic) bond motifs is 1. The third kappa shape index (κ3) is 3.02. The molecule has 5 rings (SSSR count). The number of aromatic nitrogens is 5. The fourth-order valence-corrected chi connectivity index (χ4v) is 3.81. The van der Waals surface area contributed by atoms with Crippen molar-refractivity contribution in [3.63, 3.8) is 0 Å². The number of hydrogen-bond acceptors (Lipinski definition) is 6. The zero-order valence-corrected chi connectivity index (χ0v) is 15.7. The van der Waals surface area contributed by atoms with Crippen molar-refractivity contribution in [3.8, 4) is 11.5 Å². The number of halogens is 2.